The van der Waals surface area contributed by atoms with Crippen LogP contribution in [-0.4, -0.2) is 31.2 Å². The van der Waals surface area contributed by atoms with E-state index in [1.165, 1.54) is 5.56 Å². The molecule has 0 aliphatic carbocycles. The number of hydrogen-bond donors (Lipinski definition) is 2. The number of methoxy groups -OCH3 is 1. The predicted molar refractivity (Wildman–Crippen MR) is 88.1 cm³/mol. The number of nitrogens with one attached hydrogen (secondary N) is 2. The Balaban J connectivity index is 1.84. The number of hydrogen-bond acceptors (Lipinski definition) is 4. The summed E-state index contributed by atoms with van der Waals surface area (Å²) < 4.78 is 4.96. The van der Waals surface area contributed by atoms with Gasteiger partial charge in [-0.05, 0) is 24.6 Å². The van der Waals surface area contributed by atoms with Gasteiger partial charge in [0.15, 0.2) is 0 Å². The van der Waals surface area contributed by atoms with Crippen LogP contribution in [0, 0.1) is 6.92 Å². The average molecular weight is 299 g/mol. The molecule has 0 bridgehead atoms. The zero-order valence-corrected chi connectivity index (χ0v) is 12.9. The summed E-state index contributed by atoms with van der Waals surface area (Å²) in [5.74, 6) is 0.478. The van der Waals surface area contributed by atoms with Crippen LogP contribution in [-0.2, 0) is 16.0 Å². The minimum atomic E-state index is -0.0727. The van der Waals surface area contributed by atoms with Crippen LogP contribution in [0.2, 0.25) is 0 Å². The van der Waals surface area contributed by atoms with Crippen molar-refractivity contribution in [2.24, 2.45) is 0 Å². The van der Waals surface area contributed by atoms with E-state index in [2.05, 4.69) is 15.6 Å². The molecule has 1 heterocycles. The third-order valence-corrected chi connectivity index (χ3v) is 3.15. The van der Waals surface area contributed by atoms with Crippen molar-refractivity contribution in [2.45, 2.75) is 13.3 Å². The van der Waals surface area contributed by atoms with E-state index in [9.17, 15) is 4.79 Å². The van der Waals surface area contributed by atoms with Crippen molar-refractivity contribution in [3.63, 3.8) is 0 Å². The highest BCUT2D eigenvalue weighted by Gasteiger charge is 2.05. The van der Waals surface area contributed by atoms with E-state index in [4.69, 9.17) is 4.74 Å². The maximum atomic E-state index is 12.0. The van der Waals surface area contributed by atoms with Crippen LogP contribution >= 0.6 is 0 Å². The monoisotopic (exact) mass is 299 g/mol. The van der Waals surface area contributed by atoms with E-state index in [0.29, 0.717) is 18.8 Å². The number of carbonyl (C=O) groups excluding carboxylic acids is 1. The molecule has 0 spiro atoms. The van der Waals surface area contributed by atoms with Crippen molar-refractivity contribution in [1.29, 1.82) is 0 Å². The van der Waals surface area contributed by atoms with Gasteiger partial charge in [-0.15, -0.1) is 0 Å². The summed E-state index contributed by atoms with van der Waals surface area (Å²) >= 11 is 0. The van der Waals surface area contributed by atoms with Crippen LogP contribution in [0.4, 0.5) is 11.5 Å². The summed E-state index contributed by atoms with van der Waals surface area (Å²) in [6, 6.07) is 11.6. The largest absolute Gasteiger partial charge is 0.383 e. The third kappa shape index (κ3) is 5.18. The zero-order valence-electron chi connectivity index (χ0n) is 12.9. The van der Waals surface area contributed by atoms with Crippen molar-refractivity contribution in [1.82, 2.24) is 4.98 Å². The second-order valence-corrected chi connectivity index (χ2v) is 5.06. The maximum absolute atomic E-state index is 12.0. The number of amides is 1. The molecule has 0 saturated carbocycles. The Kier molecular flexibility index (Phi) is 5.91. The minimum Gasteiger partial charge on any atom is -0.383 e. The molecule has 1 amide bonds. The molecule has 1 aromatic heterocycles. The molecule has 0 aliphatic rings. The molecule has 2 N–H and O–H groups in total. The quantitative estimate of drug-likeness (QED) is 0.772. The van der Waals surface area contributed by atoms with Gasteiger partial charge in [0.1, 0.15) is 5.82 Å². The summed E-state index contributed by atoms with van der Waals surface area (Å²) in [5.41, 5.74) is 3.07. The van der Waals surface area contributed by atoms with Gasteiger partial charge in [0.2, 0.25) is 5.91 Å². The molecular weight excluding hydrogens is 278 g/mol. The summed E-state index contributed by atoms with van der Waals surface area (Å²) in [7, 11) is 1.66. The number of benzene rings is 1. The normalized spacial score (nSPS) is 10.3. The Labute approximate surface area is 130 Å². The highest BCUT2D eigenvalue weighted by atomic mass is 16.5. The molecule has 22 heavy (non-hydrogen) atoms. The lowest BCUT2D eigenvalue weighted by atomic mass is 10.1. The van der Waals surface area contributed by atoms with Crippen LogP contribution in [0.1, 0.15) is 11.1 Å². The van der Waals surface area contributed by atoms with E-state index in [0.717, 1.165) is 17.8 Å². The molecule has 1 aromatic carbocycles. The highest BCUT2D eigenvalue weighted by Crippen LogP contribution is 2.10. The first-order chi connectivity index (χ1) is 10.7. The first-order valence-electron chi connectivity index (χ1n) is 7.21. The number of aryl methyl sites for hydroxylation is 1. The second-order valence-electron chi connectivity index (χ2n) is 5.06. The molecule has 0 saturated heterocycles. The number of carbonyl (C=O) groups is 1. The van der Waals surface area contributed by atoms with E-state index < -0.39 is 0 Å². The molecule has 0 atom stereocenters. The summed E-state index contributed by atoms with van der Waals surface area (Å²) in [6.45, 7) is 3.38. The van der Waals surface area contributed by atoms with Crippen LogP contribution < -0.4 is 10.6 Å². The molecule has 5 nitrogen and oxygen atoms in total. The van der Waals surface area contributed by atoms with E-state index >= 15 is 0 Å². The first-order valence-corrected chi connectivity index (χ1v) is 7.21. The Morgan fingerprint density at radius 1 is 1.18 bits per heavy atom. The topological polar surface area (TPSA) is 63.2 Å². The van der Waals surface area contributed by atoms with Crippen molar-refractivity contribution in [2.75, 3.05) is 30.9 Å². The van der Waals surface area contributed by atoms with Gasteiger partial charge in [-0.1, -0.05) is 29.8 Å². The Morgan fingerprint density at radius 2 is 1.95 bits per heavy atom. The van der Waals surface area contributed by atoms with E-state index in [1.54, 1.807) is 19.4 Å². The van der Waals surface area contributed by atoms with Crippen LogP contribution in [0.15, 0.2) is 42.6 Å². The average Bonchev–Trinajstić information content (AvgIpc) is 2.51. The van der Waals surface area contributed by atoms with Gasteiger partial charge in [0, 0.05) is 13.7 Å². The Bertz CT molecular complexity index is 594. The van der Waals surface area contributed by atoms with Gasteiger partial charge >= 0.3 is 0 Å². The minimum absolute atomic E-state index is 0.0727. The van der Waals surface area contributed by atoms with Gasteiger partial charge in [0.05, 0.1) is 24.9 Å². The number of anilines is 2. The second kappa shape index (κ2) is 8.14. The molecular formula is C17H21N3O2. The van der Waals surface area contributed by atoms with Gasteiger partial charge < -0.3 is 15.4 Å². The fourth-order valence-corrected chi connectivity index (χ4v) is 1.95. The molecule has 0 fully saturated rings. The molecule has 2 aromatic rings. The number of aromatic nitrogens is 1. The number of ether oxygens (including phenoxy) is 1. The molecule has 0 radical (unpaired) electrons. The lowest BCUT2D eigenvalue weighted by Gasteiger charge is -2.07. The van der Waals surface area contributed by atoms with Crippen LogP contribution in [0.3, 0.4) is 0 Å². The fraction of sp³-hybridized carbons (Fsp3) is 0.294. The molecule has 0 unspecified atom stereocenters. The highest BCUT2D eigenvalue weighted by molar-refractivity contribution is 5.91. The Hall–Kier alpha value is -2.40. The number of rotatable bonds is 7. The summed E-state index contributed by atoms with van der Waals surface area (Å²) in [4.78, 5) is 16.2. The van der Waals surface area contributed by atoms with Gasteiger partial charge in [-0.2, -0.15) is 0 Å². The molecule has 0 aliphatic heterocycles. The number of nitrogens with zero attached hydrogens (tertiary/aromatic N) is 1. The van der Waals surface area contributed by atoms with Crippen molar-refractivity contribution < 1.29 is 9.53 Å². The van der Waals surface area contributed by atoms with Crippen LogP contribution in [0.25, 0.3) is 0 Å². The van der Waals surface area contributed by atoms with Crippen molar-refractivity contribution in [3.05, 3.63) is 53.7 Å². The van der Waals surface area contributed by atoms with Gasteiger partial charge in [-0.25, -0.2) is 4.98 Å². The zero-order chi connectivity index (χ0) is 15.8. The first kappa shape index (κ1) is 16.0. The molecule has 5 heteroatoms. The maximum Gasteiger partial charge on any atom is 0.229 e. The molecule has 116 valence electrons. The summed E-state index contributed by atoms with van der Waals surface area (Å²) in [6.07, 6.45) is 2.03. The summed E-state index contributed by atoms with van der Waals surface area (Å²) in [5, 5.41) is 5.97. The predicted octanol–water partition coefficient (Wildman–Crippen LogP) is 2.63. The van der Waals surface area contributed by atoms with Crippen molar-refractivity contribution >= 4 is 17.4 Å². The SMILES string of the molecule is COCCNc1ccc(NC(=O)Cc2ccc(C)cc2)nc1. The van der Waals surface area contributed by atoms with Crippen molar-refractivity contribution in [3.8, 4) is 0 Å². The smallest absolute Gasteiger partial charge is 0.229 e. The van der Waals surface area contributed by atoms with Gasteiger partial charge in [0.25, 0.3) is 0 Å². The van der Waals surface area contributed by atoms with Gasteiger partial charge in [-0.3, -0.25) is 4.79 Å². The van der Waals surface area contributed by atoms with E-state index in [1.807, 2.05) is 37.3 Å². The lowest BCUT2D eigenvalue weighted by Crippen LogP contribution is -2.15. The fourth-order valence-electron chi connectivity index (χ4n) is 1.95. The Morgan fingerprint density at radius 3 is 2.59 bits per heavy atom. The number of pyridine rings is 1. The van der Waals surface area contributed by atoms with Crippen LogP contribution in [0.5, 0.6) is 0 Å². The van der Waals surface area contributed by atoms with E-state index in [-0.39, 0.29) is 5.91 Å². The third-order valence-electron chi connectivity index (χ3n) is 3.15. The lowest BCUT2D eigenvalue weighted by molar-refractivity contribution is -0.115. The standard InChI is InChI=1S/C17H21N3O2/c1-13-3-5-14(6-4-13)11-17(21)20-16-8-7-15(12-19-16)18-9-10-22-2/h3-8,12,18H,9-11H2,1-2H3,(H,19,20,21). The molecule has 2 rings (SSSR count).